The first-order valence-corrected chi connectivity index (χ1v) is 17.9. The van der Waals surface area contributed by atoms with Crippen molar-refractivity contribution in [3.63, 3.8) is 0 Å². The van der Waals surface area contributed by atoms with Gasteiger partial charge in [0.1, 0.15) is 0 Å². The first-order chi connectivity index (χ1) is 24.8. The molecule has 8 aromatic rings. The van der Waals surface area contributed by atoms with E-state index in [1.807, 2.05) is 24.3 Å². The number of nitrogens with zero attached hydrogens (tertiary/aromatic N) is 4. The summed E-state index contributed by atoms with van der Waals surface area (Å²) in [5.74, 6) is 1.96. The molecule has 4 nitrogen and oxygen atoms in total. The summed E-state index contributed by atoms with van der Waals surface area (Å²) in [6.45, 7) is 9.65. The van der Waals surface area contributed by atoms with Crippen LogP contribution in [-0.2, 0) is 10.8 Å². The van der Waals surface area contributed by atoms with Crippen LogP contribution in [0.4, 0.5) is 0 Å². The summed E-state index contributed by atoms with van der Waals surface area (Å²) >= 11 is 0. The topological polar surface area (TPSA) is 43.6 Å². The van der Waals surface area contributed by atoms with Gasteiger partial charge >= 0.3 is 0 Å². The third-order valence-corrected chi connectivity index (χ3v) is 10.9. The molecule has 1 aliphatic carbocycles. The van der Waals surface area contributed by atoms with Crippen molar-refractivity contribution < 1.29 is 0 Å². The fourth-order valence-electron chi connectivity index (χ4n) is 8.04. The molecule has 4 heteroatoms. The minimum atomic E-state index is 0.0589. The molecule has 0 amide bonds. The molecule has 0 aliphatic heterocycles. The summed E-state index contributed by atoms with van der Waals surface area (Å²) in [6, 6.07) is 51.4. The fraction of sp³-hybridized carbons (Fsp3) is 0.170. The molecule has 0 saturated heterocycles. The van der Waals surface area contributed by atoms with Gasteiger partial charge in [-0.1, -0.05) is 137 Å². The predicted octanol–water partition coefficient (Wildman–Crippen LogP) is 12.0. The second kappa shape index (κ2) is 11.9. The van der Waals surface area contributed by atoms with Crippen LogP contribution in [0, 0.1) is 0 Å². The van der Waals surface area contributed by atoms with Gasteiger partial charge in [0.15, 0.2) is 17.5 Å². The maximum Gasteiger partial charge on any atom is 0.164 e. The Hall–Kier alpha value is -5.87. The van der Waals surface area contributed by atoms with E-state index in [0.717, 1.165) is 39.9 Å². The number of fused-ring (bicyclic) bond motifs is 5. The molecule has 0 spiro atoms. The van der Waals surface area contributed by atoms with E-state index in [9.17, 15) is 0 Å². The normalized spacial score (nSPS) is 14.8. The van der Waals surface area contributed by atoms with Gasteiger partial charge in [0.2, 0.25) is 0 Å². The lowest BCUT2D eigenvalue weighted by molar-refractivity contribution is 0.334. The standard InChI is InChI=1S/C47H40N4/c1-46(2)28-29-47(3,4)41-39(46)27-26-38-37-20-11-12-21-40(37)51(42(38)41)36-24-22-33(23-25-36)44-48-43(32-16-9-6-10-17-32)49-45(50-44)35-19-13-18-34(30-35)31-14-7-5-8-15-31/h5-27,30H,28-29H2,1-4H3. The first-order valence-electron chi connectivity index (χ1n) is 17.9. The highest BCUT2D eigenvalue weighted by Crippen LogP contribution is 2.50. The van der Waals surface area contributed by atoms with Crippen molar-refractivity contribution in [3.8, 4) is 51.0 Å². The summed E-state index contributed by atoms with van der Waals surface area (Å²) in [5.41, 5.74) is 11.9. The van der Waals surface area contributed by atoms with E-state index in [0.29, 0.717) is 17.5 Å². The number of benzene rings is 6. The van der Waals surface area contributed by atoms with Crippen molar-refractivity contribution in [1.82, 2.24) is 19.5 Å². The zero-order valence-corrected chi connectivity index (χ0v) is 29.6. The molecule has 51 heavy (non-hydrogen) atoms. The second-order valence-electron chi connectivity index (χ2n) is 15.2. The van der Waals surface area contributed by atoms with Crippen molar-refractivity contribution in [2.45, 2.75) is 51.4 Å². The smallest absolute Gasteiger partial charge is 0.164 e. The molecular weight excluding hydrogens is 621 g/mol. The molecule has 6 aromatic carbocycles. The average molecular weight is 661 g/mol. The molecule has 1 aliphatic rings. The minimum absolute atomic E-state index is 0.0589. The summed E-state index contributed by atoms with van der Waals surface area (Å²) < 4.78 is 2.49. The molecule has 248 valence electrons. The number of para-hydroxylation sites is 1. The number of rotatable bonds is 5. The number of hydrogen-bond acceptors (Lipinski definition) is 3. The van der Waals surface area contributed by atoms with Gasteiger partial charge in [-0.2, -0.15) is 0 Å². The van der Waals surface area contributed by atoms with Crippen LogP contribution in [0.25, 0.3) is 72.8 Å². The lowest BCUT2D eigenvalue weighted by atomic mass is 9.62. The molecule has 0 atom stereocenters. The van der Waals surface area contributed by atoms with Crippen LogP contribution in [0.15, 0.2) is 146 Å². The molecule has 0 unspecified atom stereocenters. The highest BCUT2D eigenvalue weighted by Gasteiger charge is 2.39. The minimum Gasteiger partial charge on any atom is -0.309 e. The van der Waals surface area contributed by atoms with E-state index in [4.69, 9.17) is 15.0 Å². The van der Waals surface area contributed by atoms with Crippen molar-refractivity contribution in [3.05, 3.63) is 157 Å². The Balaban J connectivity index is 1.20. The molecule has 0 N–H and O–H groups in total. The van der Waals surface area contributed by atoms with Gasteiger partial charge in [-0.05, 0) is 82.3 Å². The van der Waals surface area contributed by atoms with Crippen LogP contribution in [0.3, 0.4) is 0 Å². The van der Waals surface area contributed by atoms with Gasteiger partial charge in [-0.25, -0.2) is 15.0 Å². The van der Waals surface area contributed by atoms with Crippen molar-refractivity contribution in [2.24, 2.45) is 0 Å². The SMILES string of the molecule is CC1(C)CCC(C)(C)c2c1ccc1c3ccccc3n(-c3ccc(-c4nc(-c5ccccc5)nc(-c5cccc(-c6ccccc6)c5)n4)cc3)c21. The Morgan fingerprint density at radius 3 is 1.71 bits per heavy atom. The molecule has 2 aromatic heterocycles. The Morgan fingerprint density at radius 2 is 1.00 bits per heavy atom. The van der Waals surface area contributed by atoms with Gasteiger partial charge in [0, 0.05) is 33.2 Å². The van der Waals surface area contributed by atoms with Gasteiger partial charge in [-0.3, -0.25) is 0 Å². The Morgan fingerprint density at radius 1 is 0.451 bits per heavy atom. The Kier molecular flexibility index (Phi) is 7.25. The van der Waals surface area contributed by atoms with E-state index >= 15 is 0 Å². The molecule has 0 fully saturated rings. The van der Waals surface area contributed by atoms with Crippen LogP contribution in [-0.4, -0.2) is 19.5 Å². The van der Waals surface area contributed by atoms with Crippen LogP contribution in [0.5, 0.6) is 0 Å². The van der Waals surface area contributed by atoms with Crippen molar-refractivity contribution >= 4 is 21.8 Å². The third kappa shape index (κ3) is 5.34. The molecule has 0 saturated carbocycles. The summed E-state index contributed by atoms with van der Waals surface area (Å²) in [5, 5.41) is 2.59. The van der Waals surface area contributed by atoms with Crippen LogP contribution in [0.2, 0.25) is 0 Å². The molecular formula is C47H40N4. The maximum absolute atomic E-state index is 5.09. The average Bonchev–Trinajstić information content (AvgIpc) is 3.51. The highest BCUT2D eigenvalue weighted by atomic mass is 15.0. The quantitative estimate of drug-likeness (QED) is 0.184. The maximum atomic E-state index is 5.09. The lowest BCUT2D eigenvalue weighted by Crippen LogP contribution is -2.34. The largest absolute Gasteiger partial charge is 0.309 e. The summed E-state index contributed by atoms with van der Waals surface area (Å²) in [4.78, 5) is 15.1. The number of aromatic nitrogens is 4. The van der Waals surface area contributed by atoms with Crippen molar-refractivity contribution in [1.29, 1.82) is 0 Å². The first kappa shape index (κ1) is 31.1. The highest BCUT2D eigenvalue weighted by molar-refractivity contribution is 6.11. The zero-order chi connectivity index (χ0) is 34.7. The monoisotopic (exact) mass is 660 g/mol. The van der Waals surface area contributed by atoms with E-state index in [1.165, 1.54) is 39.4 Å². The van der Waals surface area contributed by atoms with Crippen molar-refractivity contribution in [2.75, 3.05) is 0 Å². The van der Waals surface area contributed by atoms with E-state index in [-0.39, 0.29) is 10.8 Å². The summed E-state index contributed by atoms with van der Waals surface area (Å²) in [6.07, 6.45) is 2.34. The van der Waals surface area contributed by atoms with E-state index in [1.54, 1.807) is 0 Å². The molecule has 9 rings (SSSR count). The molecule has 0 bridgehead atoms. The lowest BCUT2D eigenvalue weighted by Gasteiger charge is -2.42. The Bertz CT molecular complexity index is 2560. The van der Waals surface area contributed by atoms with Gasteiger partial charge in [0.25, 0.3) is 0 Å². The Labute approximate surface area is 299 Å². The van der Waals surface area contributed by atoms with Crippen LogP contribution >= 0.6 is 0 Å². The summed E-state index contributed by atoms with van der Waals surface area (Å²) in [7, 11) is 0. The van der Waals surface area contributed by atoms with Gasteiger partial charge in [0.05, 0.1) is 11.0 Å². The second-order valence-corrected chi connectivity index (χ2v) is 15.2. The van der Waals surface area contributed by atoms with Gasteiger partial charge < -0.3 is 4.57 Å². The zero-order valence-electron chi connectivity index (χ0n) is 29.6. The molecule has 0 radical (unpaired) electrons. The predicted molar refractivity (Wildman–Crippen MR) is 211 cm³/mol. The van der Waals surface area contributed by atoms with Crippen LogP contribution < -0.4 is 0 Å². The number of hydrogen-bond donors (Lipinski definition) is 0. The van der Waals surface area contributed by atoms with E-state index in [2.05, 4.69) is 154 Å². The van der Waals surface area contributed by atoms with Gasteiger partial charge in [-0.15, -0.1) is 0 Å². The molecule has 2 heterocycles. The van der Waals surface area contributed by atoms with Crippen LogP contribution in [0.1, 0.15) is 51.7 Å². The fourth-order valence-corrected chi connectivity index (χ4v) is 8.04. The third-order valence-electron chi connectivity index (χ3n) is 10.9. The van der Waals surface area contributed by atoms with E-state index < -0.39 is 0 Å².